The fourth-order valence-corrected chi connectivity index (χ4v) is 2.75. The fourth-order valence-electron chi connectivity index (χ4n) is 2.75. The number of nitrogens with zero attached hydrogens (tertiary/aromatic N) is 3. The van der Waals surface area contributed by atoms with Crippen LogP contribution in [-0.4, -0.2) is 26.9 Å². The Morgan fingerprint density at radius 2 is 1.94 bits per heavy atom. The highest BCUT2D eigenvalue weighted by Crippen LogP contribution is 2.27. The summed E-state index contributed by atoms with van der Waals surface area (Å²) in [4.78, 5) is 0. The Morgan fingerprint density at radius 1 is 1.33 bits per heavy atom. The summed E-state index contributed by atoms with van der Waals surface area (Å²) >= 11 is 0. The molecular weight excluding hydrogens is 226 g/mol. The molecule has 1 aliphatic rings. The van der Waals surface area contributed by atoms with E-state index in [2.05, 4.69) is 36.3 Å². The lowest BCUT2D eigenvalue weighted by molar-refractivity contribution is 0.134. The molecule has 1 fully saturated rings. The number of hydrazine groups is 1. The second-order valence-electron chi connectivity index (χ2n) is 5.33. The summed E-state index contributed by atoms with van der Waals surface area (Å²) in [7, 11) is 1.94. The van der Waals surface area contributed by atoms with Crippen LogP contribution in [0, 0.1) is 0 Å². The summed E-state index contributed by atoms with van der Waals surface area (Å²) in [5.74, 6) is 0.924. The zero-order valence-corrected chi connectivity index (χ0v) is 11.9. The van der Waals surface area contributed by atoms with Crippen LogP contribution < -0.4 is 11.2 Å². The Kier molecular flexibility index (Phi) is 3.80. The van der Waals surface area contributed by atoms with E-state index in [1.165, 1.54) is 19.3 Å². The Labute approximate surface area is 109 Å². The number of anilines is 2. The van der Waals surface area contributed by atoms with Crippen molar-refractivity contribution in [2.75, 3.05) is 11.2 Å². The minimum atomic E-state index is 0.535. The predicted molar refractivity (Wildman–Crippen MR) is 75.2 cm³/mol. The van der Waals surface area contributed by atoms with E-state index in [9.17, 15) is 0 Å². The van der Waals surface area contributed by atoms with Gasteiger partial charge in [0.25, 0.3) is 0 Å². The minimum absolute atomic E-state index is 0.535. The third-order valence-corrected chi connectivity index (χ3v) is 3.92. The molecule has 0 aromatic carbocycles. The summed E-state index contributed by atoms with van der Waals surface area (Å²) in [6.45, 7) is 6.60. The van der Waals surface area contributed by atoms with Crippen LogP contribution in [0.3, 0.4) is 0 Å². The third-order valence-electron chi connectivity index (χ3n) is 3.92. The number of hydrogen-bond donors (Lipinski definition) is 2. The van der Waals surface area contributed by atoms with Crippen molar-refractivity contribution in [3.05, 3.63) is 5.69 Å². The fraction of sp³-hybridized carbons (Fsp3) is 0.769. The quantitative estimate of drug-likeness (QED) is 0.864. The van der Waals surface area contributed by atoms with Crippen molar-refractivity contribution in [3.8, 4) is 0 Å². The lowest BCUT2D eigenvalue weighted by Gasteiger charge is -2.39. The van der Waals surface area contributed by atoms with Crippen LogP contribution >= 0.6 is 0 Å². The van der Waals surface area contributed by atoms with Crippen LogP contribution in [0.1, 0.15) is 45.7 Å². The minimum Gasteiger partial charge on any atom is -0.394 e. The second-order valence-corrected chi connectivity index (χ2v) is 5.33. The topological polar surface area (TPSA) is 59.1 Å². The van der Waals surface area contributed by atoms with Crippen LogP contribution in [-0.2, 0) is 13.5 Å². The third kappa shape index (κ3) is 2.32. The molecule has 0 radical (unpaired) electrons. The number of nitrogen functional groups attached to an aromatic ring is 1. The van der Waals surface area contributed by atoms with Crippen LogP contribution in [0.4, 0.5) is 11.5 Å². The van der Waals surface area contributed by atoms with Crippen molar-refractivity contribution >= 4 is 11.5 Å². The smallest absolute Gasteiger partial charge is 0.162 e. The first-order chi connectivity index (χ1) is 8.54. The maximum atomic E-state index is 6.15. The van der Waals surface area contributed by atoms with E-state index in [0.29, 0.717) is 12.1 Å². The number of nitrogens with one attached hydrogen (secondary N) is 1. The average Bonchev–Trinajstić information content (AvgIpc) is 2.60. The van der Waals surface area contributed by atoms with Crippen molar-refractivity contribution < 1.29 is 0 Å². The summed E-state index contributed by atoms with van der Waals surface area (Å²) in [5, 5.41) is 6.76. The highest BCUT2D eigenvalue weighted by atomic mass is 15.6. The molecule has 2 unspecified atom stereocenters. The van der Waals surface area contributed by atoms with Gasteiger partial charge in [-0.2, -0.15) is 5.10 Å². The number of rotatable bonds is 3. The van der Waals surface area contributed by atoms with Gasteiger partial charge in [-0.1, -0.05) is 13.3 Å². The van der Waals surface area contributed by atoms with E-state index in [1.54, 1.807) is 0 Å². The summed E-state index contributed by atoms with van der Waals surface area (Å²) < 4.78 is 1.85. The molecule has 2 heterocycles. The summed E-state index contributed by atoms with van der Waals surface area (Å²) in [5.41, 5.74) is 11.4. The van der Waals surface area contributed by atoms with Gasteiger partial charge in [0.05, 0.1) is 11.4 Å². The molecule has 0 aliphatic carbocycles. The lowest BCUT2D eigenvalue weighted by Crippen LogP contribution is -2.47. The summed E-state index contributed by atoms with van der Waals surface area (Å²) in [6.07, 6.45) is 4.64. The molecule has 2 rings (SSSR count). The van der Waals surface area contributed by atoms with Gasteiger partial charge in [-0.3, -0.25) is 0 Å². The Balaban J connectivity index is 2.20. The van der Waals surface area contributed by atoms with Gasteiger partial charge in [-0.15, -0.1) is 0 Å². The van der Waals surface area contributed by atoms with Crippen LogP contribution in [0.5, 0.6) is 0 Å². The highest BCUT2D eigenvalue weighted by molar-refractivity contribution is 5.64. The highest BCUT2D eigenvalue weighted by Gasteiger charge is 2.26. The van der Waals surface area contributed by atoms with Gasteiger partial charge in [0.1, 0.15) is 0 Å². The zero-order valence-electron chi connectivity index (χ0n) is 11.9. The van der Waals surface area contributed by atoms with Gasteiger partial charge < -0.3 is 11.2 Å². The van der Waals surface area contributed by atoms with Gasteiger partial charge in [0.15, 0.2) is 5.82 Å². The monoisotopic (exact) mass is 251 g/mol. The second kappa shape index (κ2) is 5.18. The SMILES string of the molecule is CCc1nn(C)c(NN2C(C)CCCC2C)c1N. The summed E-state index contributed by atoms with van der Waals surface area (Å²) in [6, 6.07) is 1.07. The molecule has 102 valence electrons. The molecule has 5 heteroatoms. The molecule has 0 amide bonds. The van der Waals surface area contributed by atoms with Crippen LogP contribution in [0.2, 0.25) is 0 Å². The first kappa shape index (κ1) is 13.2. The maximum absolute atomic E-state index is 6.15. The molecule has 2 atom stereocenters. The molecule has 18 heavy (non-hydrogen) atoms. The normalized spacial score (nSPS) is 25.3. The van der Waals surface area contributed by atoms with Crippen molar-refractivity contribution in [1.29, 1.82) is 0 Å². The number of aryl methyl sites for hydroxylation is 2. The molecule has 0 saturated carbocycles. The molecule has 0 spiro atoms. The number of piperidine rings is 1. The zero-order chi connectivity index (χ0) is 13.3. The predicted octanol–water partition coefficient (Wildman–Crippen LogP) is 2.15. The molecule has 0 bridgehead atoms. The van der Waals surface area contributed by atoms with Crippen LogP contribution in [0.25, 0.3) is 0 Å². The van der Waals surface area contributed by atoms with Crippen molar-refractivity contribution in [3.63, 3.8) is 0 Å². The largest absolute Gasteiger partial charge is 0.394 e. The van der Waals surface area contributed by atoms with Gasteiger partial charge >= 0.3 is 0 Å². The van der Waals surface area contributed by atoms with Crippen molar-refractivity contribution in [2.24, 2.45) is 7.05 Å². The molecular formula is C13H25N5. The van der Waals surface area contributed by atoms with E-state index in [0.717, 1.165) is 23.6 Å². The first-order valence-corrected chi connectivity index (χ1v) is 6.90. The van der Waals surface area contributed by atoms with Gasteiger partial charge in [0, 0.05) is 19.1 Å². The molecule has 1 aromatic heterocycles. The first-order valence-electron chi connectivity index (χ1n) is 6.90. The standard InChI is InChI=1S/C13H25N5/c1-5-11-12(14)13(17(4)15-11)16-18-9(2)7-6-8-10(18)3/h9-10,16H,5-8,14H2,1-4H3. The molecule has 3 N–H and O–H groups in total. The van der Waals surface area contributed by atoms with Crippen molar-refractivity contribution in [1.82, 2.24) is 14.8 Å². The van der Waals surface area contributed by atoms with Crippen LogP contribution in [0.15, 0.2) is 0 Å². The number of hydrogen-bond acceptors (Lipinski definition) is 4. The van der Waals surface area contributed by atoms with Gasteiger partial charge in [-0.25, -0.2) is 9.69 Å². The molecule has 1 aromatic rings. The number of nitrogens with two attached hydrogens (primary N) is 1. The van der Waals surface area contributed by atoms with E-state index in [-0.39, 0.29) is 0 Å². The molecule has 1 saturated heterocycles. The van der Waals surface area contributed by atoms with E-state index in [4.69, 9.17) is 5.73 Å². The number of aromatic nitrogens is 2. The molecule has 1 aliphatic heterocycles. The van der Waals surface area contributed by atoms with E-state index < -0.39 is 0 Å². The maximum Gasteiger partial charge on any atom is 0.162 e. The van der Waals surface area contributed by atoms with E-state index >= 15 is 0 Å². The van der Waals surface area contributed by atoms with Gasteiger partial charge in [-0.05, 0) is 33.1 Å². The molecule has 5 nitrogen and oxygen atoms in total. The Bertz CT molecular complexity index is 402. The van der Waals surface area contributed by atoms with Crippen molar-refractivity contribution in [2.45, 2.75) is 58.5 Å². The van der Waals surface area contributed by atoms with E-state index in [1.807, 2.05) is 11.7 Å². The Hall–Kier alpha value is -1.23. The van der Waals surface area contributed by atoms with Gasteiger partial charge in [0.2, 0.25) is 0 Å². The average molecular weight is 251 g/mol. The Morgan fingerprint density at radius 3 is 2.44 bits per heavy atom. The lowest BCUT2D eigenvalue weighted by atomic mass is 10.00.